The lowest BCUT2D eigenvalue weighted by atomic mass is 10.1. The summed E-state index contributed by atoms with van der Waals surface area (Å²) in [7, 11) is 0. The van der Waals surface area contributed by atoms with E-state index in [2.05, 4.69) is 33.9 Å². The molecular weight excluding hydrogens is 254 g/mol. The summed E-state index contributed by atoms with van der Waals surface area (Å²) in [6.45, 7) is 7.28. The highest BCUT2D eigenvalue weighted by atomic mass is 16.5. The molecule has 0 aromatic carbocycles. The van der Waals surface area contributed by atoms with E-state index in [0.29, 0.717) is 19.3 Å². The molecule has 1 fully saturated rings. The first kappa shape index (κ1) is 15.1. The number of aromatic nitrogens is 3. The SMILES string of the molecule is CCc1nnc(N2CCC(OCCN)CC2)nc1CC. The molecule has 2 heterocycles. The molecule has 1 aromatic heterocycles. The summed E-state index contributed by atoms with van der Waals surface area (Å²) >= 11 is 0. The van der Waals surface area contributed by atoms with Crippen LogP contribution >= 0.6 is 0 Å². The average molecular weight is 279 g/mol. The first-order chi connectivity index (χ1) is 9.78. The van der Waals surface area contributed by atoms with Crippen molar-refractivity contribution in [3.63, 3.8) is 0 Å². The van der Waals surface area contributed by atoms with E-state index in [4.69, 9.17) is 10.5 Å². The average Bonchev–Trinajstić information content (AvgIpc) is 2.52. The minimum absolute atomic E-state index is 0.323. The van der Waals surface area contributed by atoms with E-state index in [0.717, 1.165) is 56.1 Å². The van der Waals surface area contributed by atoms with Crippen molar-refractivity contribution >= 4 is 5.95 Å². The summed E-state index contributed by atoms with van der Waals surface area (Å²) in [4.78, 5) is 6.87. The maximum absolute atomic E-state index is 5.69. The Balaban J connectivity index is 1.96. The van der Waals surface area contributed by atoms with E-state index in [-0.39, 0.29) is 0 Å². The van der Waals surface area contributed by atoms with Gasteiger partial charge in [0.1, 0.15) is 0 Å². The first-order valence-electron chi connectivity index (χ1n) is 7.57. The Morgan fingerprint density at radius 1 is 1.15 bits per heavy atom. The Labute approximate surface area is 120 Å². The molecule has 0 amide bonds. The lowest BCUT2D eigenvalue weighted by Gasteiger charge is -2.31. The predicted molar refractivity (Wildman–Crippen MR) is 78.8 cm³/mol. The fourth-order valence-corrected chi connectivity index (χ4v) is 2.52. The van der Waals surface area contributed by atoms with Gasteiger partial charge in [-0.3, -0.25) is 0 Å². The van der Waals surface area contributed by atoms with Crippen molar-refractivity contribution in [2.24, 2.45) is 5.73 Å². The van der Waals surface area contributed by atoms with Crippen LogP contribution in [0.1, 0.15) is 38.1 Å². The number of piperidine rings is 1. The summed E-state index contributed by atoms with van der Waals surface area (Å²) in [5, 5.41) is 8.58. The highest BCUT2D eigenvalue weighted by Gasteiger charge is 2.22. The molecule has 1 saturated heterocycles. The highest BCUT2D eigenvalue weighted by Crippen LogP contribution is 2.18. The molecule has 0 aliphatic carbocycles. The van der Waals surface area contributed by atoms with Crippen molar-refractivity contribution in [3.8, 4) is 0 Å². The van der Waals surface area contributed by atoms with Gasteiger partial charge in [-0.25, -0.2) is 4.98 Å². The second kappa shape index (κ2) is 7.50. The molecule has 0 bridgehead atoms. The van der Waals surface area contributed by atoms with Crippen molar-refractivity contribution in [3.05, 3.63) is 11.4 Å². The Morgan fingerprint density at radius 2 is 1.85 bits per heavy atom. The van der Waals surface area contributed by atoms with Crippen molar-refractivity contribution in [1.82, 2.24) is 15.2 Å². The van der Waals surface area contributed by atoms with Gasteiger partial charge in [0.2, 0.25) is 5.95 Å². The molecule has 0 atom stereocenters. The quantitative estimate of drug-likeness (QED) is 0.835. The summed E-state index contributed by atoms with van der Waals surface area (Å²) in [5.41, 5.74) is 7.54. The number of ether oxygens (including phenoxy) is 1. The molecule has 0 spiro atoms. The molecule has 20 heavy (non-hydrogen) atoms. The van der Waals surface area contributed by atoms with Gasteiger partial charge in [-0.05, 0) is 25.7 Å². The van der Waals surface area contributed by atoms with Crippen LogP contribution < -0.4 is 10.6 Å². The largest absolute Gasteiger partial charge is 0.377 e. The predicted octanol–water partition coefficient (Wildman–Crippen LogP) is 0.941. The molecule has 0 radical (unpaired) electrons. The Morgan fingerprint density at radius 3 is 2.45 bits per heavy atom. The van der Waals surface area contributed by atoms with E-state index >= 15 is 0 Å². The maximum atomic E-state index is 5.69. The van der Waals surface area contributed by atoms with Gasteiger partial charge in [0.05, 0.1) is 24.1 Å². The molecule has 0 unspecified atom stereocenters. The van der Waals surface area contributed by atoms with Gasteiger partial charge in [-0.15, -0.1) is 5.10 Å². The number of anilines is 1. The van der Waals surface area contributed by atoms with Crippen LogP contribution in [0, 0.1) is 0 Å². The van der Waals surface area contributed by atoms with Gasteiger partial charge in [0.15, 0.2) is 0 Å². The smallest absolute Gasteiger partial charge is 0.245 e. The lowest BCUT2D eigenvalue weighted by molar-refractivity contribution is 0.0419. The van der Waals surface area contributed by atoms with Crippen molar-refractivity contribution < 1.29 is 4.74 Å². The normalized spacial score (nSPS) is 16.6. The molecule has 1 aromatic rings. The zero-order chi connectivity index (χ0) is 14.4. The fraction of sp³-hybridized carbons (Fsp3) is 0.786. The van der Waals surface area contributed by atoms with Gasteiger partial charge in [0, 0.05) is 19.6 Å². The summed E-state index contributed by atoms with van der Waals surface area (Å²) in [5.74, 6) is 0.760. The van der Waals surface area contributed by atoms with E-state index in [1.165, 1.54) is 0 Å². The number of rotatable bonds is 6. The first-order valence-corrected chi connectivity index (χ1v) is 7.57. The summed E-state index contributed by atoms with van der Waals surface area (Å²) < 4.78 is 5.69. The maximum Gasteiger partial charge on any atom is 0.245 e. The molecule has 112 valence electrons. The number of nitrogens with zero attached hydrogens (tertiary/aromatic N) is 4. The molecule has 1 aliphatic rings. The Bertz CT molecular complexity index is 418. The monoisotopic (exact) mass is 279 g/mol. The van der Waals surface area contributed by atoms with Crippen LogP contribution in [0.25, 0.3) is 0 Å². The van der Waals surface area contributed by atoms with E-state index in [1.807, 2.05) is 0 Å². The number of nitrogens with two attached hydrogens (primary N) is 1. The van der Waals surface area contributed by atoms with Crippen molar-refractivity contribution in [2.75, 3.05) is 31.1 Å². The van der Waals surface area contributed by atoms with Crippen LogP contribution in [0.15, 0.2) is 0 Å². The third kappa shape index (κ3) is 3.64. The Kier molecular flexibility index (Phi) is 5.67. The van der Waals surface area contributed by atoms with Crippen molar-refractivity contribution in [2.45, 2.75) is 45.6 Å². The lowest BCUT2D eigenvalue weighted by Crippen LogP contribution is -2.38. The molecule has 1 aliphatic heterocycles. The van der Waals surface area contributed by atoms with Gasteiger partial charge >= 0.3 is 0 Å². The van der Waals surface area contributed by atoms with Crippen LogP contribution in [0.5, 0.6) is 0 Å². The fourth-order valence-electron chi connectivity index (χ4n) is 2.52. The molecule has 2 N–H and O–H groups in total. The number of hydrogen-bond donors (Lipinski definition) is 1. The van der Waals surface area contributed by atoms with E-state index in [9.17, 15) is 0 Å². The van der Waals surface area contributed by atoms with Crippen LogP contribution in [0.4, 0.5) is 5.95 Å². The minimum Gasteiger partial charge on any atom is -0.377 e. The molecule has 2 rings (SSSR count). The van der Waals surface area contributed by atoms with Gasteiger partial charge in [-0.1, -0.05) is 13.8 Å². The zero-order valence-electron chi connectivity index (χ0n) is 12.5. The minimum atomic E-state index is 0.323. The third-order valence-electron chi connectivity index (χ3n) is 3.69. The van der Waals surface area contributed by atoms with Crippen LogP contribution in [-0.2, 0) is 17.6 Å². The summed E-state index contributed by atoms with van der Waals surface area (Å²) in [6, 6.07) is 0. The number of hydrogen-bond acceptors (Lipinski definition) is 6. The summed E-state index contributed by atoms with van der Waals surface area (Å²) in [6.07, 6.45) is 4.12. The van der Waals surface area contributed by atoms with E-state index < -0.39 is 0 Å². The standard InChI is InChI=1S/C14H25N5O/c1-3-12-13(4-2)17-18-14(16-12)19-8-5-11(6-9-19)20-10-7-15/h11H,3-10,15H2,1-2H3. The third-order valence-corrected chi connectivity index (χ3v) is 3.69. The highest BCUT2D eigenvalue weighted by molar-refractivity contribution is 5.31. The topological polar surface area (TPSA) is 77.2 Å². The molecule has 0 saturated carbocycles. The second-order valence-electron chi connectivity index (χ2n) is 5.06. The Hall–Kier alpha value is -1.27. The molecule has 6 nitrogen and oxygen atoms in total. The van der Waals surface area contributed by atoms with Crippen LogP contribution in [-0.4, -0.2) is 47.5 Å². The van der Waals surface area contributed by atoms with Crippen LogP contribution in [0.2, 0.25) is 0 Å². The van der Waals surface area contributed by atoms with Gasteiger partial charge in [-0.2, -0.15) is 5.10 Å². The molecular formula is C14H25N5O. The second-order valence-corrected chi connectivity index (χ2v) is 5.06. The van der Waals surface area contributed by atoms with Crippen LogP contribution in [0.3, 0.4) is 0 Å². The van der Waals surface area contributed by atoms with E-state index in [1.54, 1.807) is 0 Å². The van der Waals surface area contributed by atoms with Crippen molar-refractivity contribution in [1.29, 1.82) is 0 Å². The number of aryl methyl sites for hydroxylation is 2. The zero-order valence-corrected chi connectivity index (χ0v) is 12.5. The molecule has 6 heteroatoms. The van der Waals surface area contributed by atoms with Gasteiger partial charge < -0.3 is 15.4 Å². The van der Waals surface area contributed by atoms with Gasteiger partial charge in [0.25, 0.3) is 0 Å².